The fourth-order valence-corrected chi connectivity index (χ4v) is 5.34. The normalized spacial score (nSPS) is 18.1. The van der Waals surface area contributed by atoms with Crippen molar-refractivity contribution in [3.63, 3.8) is 0 Å². The van der Waals surface area contributed by atoms with Gasteiger partial charge in [-0.25, -0.2) is 0 Å². The van der Waals surface area contributed by atoms with Crippen LogP contribution in [0.25, 0.3) is 11.1 Å². The summed E-state index contributed by atoms with van der Waals surface area (Å²) >= 11 is 1.80. The number of carbonyl (C=O) groups is 2. The van der Waals surface area contributed by atoms with Crippen LogP contribution in [0.2, 0.25) is 0 Å². The van der Waals surface area contributed by atoms with E-state index in [1.165, 1.54) is 4.88 Å². The highest BCUT2D eigenvalue weighted by Gasteiger charge is 2.27. The Morgan fingerprint density at radius 1 is 1.03 bits per heavy atom. The van der Waals surface area contributed by atoms with Crippen molar-refractivity contribution < 1.29 is 9.59 Å². The quantitative estimate of drug-likeness (QED) is 0.517. The van der Waals surface area contributed by atoms with Crippen LogP contribution in [0.5, 0.6) is 0 Å². The SMILES string of the molecule is O=C(NCC1CCCN(Cc2cccs2)C1)c1ccc2c(c1)C(=O)c1ccccc1-2. The van der Waals surface area contributed by atoms with E-state index in [-0.39, 0.29) is 11.7 Å². The van der Waals surface area contributed by atoms with E-state index in [0.717, 1.165) is 49.2 Å². The minimum absolute atomic E-state index is 0.00625. The molecule has 1 aromatic heterocycles. The van der Waals surface area contributed by atoms with Crippen LogP contribution in [0.15, 0.2) is 60.0 Å². The molecule has 1 atom stereocenters. The fourth-order valence-electron chi connectivity index (χ4n) is 4.59. The van der Waals surface area contributed by atoms with Gasteiger partial charge in [-0.1, -0.05) is 36.4 Å². The van der Waals surface area contributed by atoms with E-state index in [1.807, 2.05) is 36.4 Å². The molecule has 4 nitrogen and oxygen atoms in total. The molecule has 5 rings (SSSR count). The molecule has 30 heavy (non-hydrogen) atoms. The molecule has 0 radical (unpaired) electrons. The Morgan fingerprint density at radius 2 is 1.87 bits per heavy atom. The second kappa shape index (κ2) is 8.17. The van der Waals surface area contributed by atoms with Crippen LogP contribution in [-0.2, 0) is 6.54 Å². The first kappa shape index (κ1) is 19.2. The van der Waals surface area contributed by atoms with Crippen LogP contribution in [0, 0.1) is 5.92 Å². The maximum Gasteiger partial charge on any atom is 0.251 e. The molecule has 1 N–H and O–H groups in total. The Hall–Kier alpha value is -2.76. The zero-order valence-corrected chi connectivity index (χ0v) is 17.6. The highest BCUT2D eigenvalue weighted by atomic mass is 32.1. The van der Waals surface area contributed by atoms with Crippen LogP contribution < -0.4 is 5.32 Å². The van der Waals surface area contributed by atoms with Gasteiger partial charge in [-0.3, -0.25) is 14.5 Å². The topological polar surface area (TPSA) is 49.4 Å². The van der Waals surface area contributed by atoms with Crippen molar-refractivity contribution in [2.45, 2.75) is 19.4 Å². The van der Waals surface area contributed by atoms with Crippen LogP contribution in [0.3, 0.4) is 0 Å². The molecule has 2 aliphatic rings. The molecule has 2 aromatic carbocycles. The fraction of sp³-hybridized carbons (Fsp3) is 0.280. The van der Waals surface area contributed by atoms with Crippen LogP contribution in [-0.4, -0.2) is 36.2 Å². The summed E-state index contributed by atoms with van der Waals surface area (Å²) in [5, 5.41) is 5.22. The number of hydrogen-bond donors (Lipinski definition) is 1. The molecule has 1 fully saturated rings. The van der Waals surface area contributed by atoms with Gasteiger partial charge in [0.05, 0.1) is 0 Å². The van der Waals surface area contributed by atoms with Crippen molar-refractivity contribution in [3.05, 3.63) is 81.5 Å². The largest absolute Gasteiger partial charge is 0.352 e. The van der Waals surface area contributed by atoms with E-state index >= 15 is 0 Å². The highest BCUT2D eigenvalue weighted by molar-refractivity contribution is 7.09. The molecular weight excluding hydrogens is 392 g/mol. The van der Waals surface area contributed by atoms with Gasteiger partial charge in [-0.15, -0.1) is 11.3 Å². The standard InChI is InChI=1S/C25H24N2O2S/c28-24-22-8-2-1-7-20(22)21-10-9-18(13-23(21)24)25(29)26-14-17-5-3-11-27(15-17)16-19-6-4-12-30-19/h1-2,4,6-10,12-13,17H,3,5,11,14-16H2,(H,26,29). The molecule has 1 aliphatic heterocycles. The Kier molecular flexibility index (Phi) is 5.23. The number of nitrogens with zero attached hydrogens (tertiary/aromatic N) is 1. The van der Waals surface area contributed by atoms with Crippen LogP contribution in [0.1, 0.15) is 44.0 Å². The summed E-state index contributed by atoms with van der Waals surface area (Å²) < 4.78 is 0. The zero-order valence-electron chi connectivity index (χ0n) is 16.8. The summed E-state index contributed by atoms with van der Waals surface area (Å²) in [6.45, 7) is 3.80. The van der Waals surface area contributed by atoms with Gasteiger partial charge in [0.15, 0.2) is 5.78 Å². The number of benzene rings is 2. The molecule has 5 heteroatoms. The van der Waals surface area contributed by atoms with Crippen molar-refractivity contribution in [1.29, 1.82) is 0 Å². The number of hydrogen-bond acceptors (Lipinski definition) is 4. The smallest absolute Gasteiger partial charge is 0.251 e. The van der Waals surface area contributed by atoms with Crippen molar-refractivity contribution in [2.24, 2.45) is 5.92 Å². The summed E-state index contributed by atoms with van der Waals surface area (Å²) in [6.07, 6.45) is 2.30. The third-order valence-electron chi connectivity index (χ3n) is 6.10. The second-order valence-electron chi connectivity index (χ2n) is 8.17. The molecule has 0 spiro atoms. The number of ketones is 1. The van der Waals surface area contributed by atoms with Gasteiger partial charge in [-0.05, 0) is 60.0 Å². The summed E-state index contributed by atoms with van der Waals surface area (Å²) in [4.78, 5) is 29.3. The highest BCUT2D eigenvalue weighted by Crippen LogP contribution is 2.36. The Morgan fingerprint density at radius 3 is 2.70 bits per heavy atom. The third kappa shape index (κ3) is 3.71. The Labute approximate surface area is 180 Å². The van der Waals surface area contributed by atoms with E-state index in [2.05, 4.69) is 27.7 Å². The van der Waals surface area contributed by atoms with Crippen LogP contribution >= 0.6 is 11.3 Å². The van der Waals surface area contributed by atoms with Crippen molar-refractivity contribution in [1.82, 2.24) is 10.2 Å². The number of rotatable bonds is 5. The van der Waals surface area contributed by atoms with Crippen molar-refractivity contribution in [2.75, 3.05) is 19.6 Å². The number of likely N-dealkylation sites (tertiary alicyclic amines) is 1. The lowest BCUT2D eigenvalue weighted by Gasteiger charge is -2.32. The summed E-state index contributed by atoms with van der Waals surface area (Å²) in [5.74, 6) is 0.367. The number of thiophene rings is 1. The molecular formula is C25H24N2O2S. The summed E-state index contributed by atoms with van der Waals surface area (Å²) in [5.41, 5.74) is 3.78. The van der Waals surface area contributed by atoms with Gasteiger partial charge < -0.3 is 5.32 Å². The number of piperidine rings is 1. The van der Waals surface area contributed by atoms with Gasteiger partial charge in [0.2, 0.25) is 0 Å². The minimum atomic E-state index is -0.100. The summed E-state index contributed by atoms with van der Waals surface area (Å²) in [6, 6.07) is 17.4. The van der Waals surface area contributed by atoms with E-state index in [0.29, 0.717) is 23.6 Å². The van der Waals surface area contributed by atoms with Gasteiger partial charge in [0, 0.05) is 41.2 Å². The van der Waals surface area contributed by atoms with Crippen molar-refractivity contribution in [3.8, 4) is 11.1 Å². The third-order valence-corrected chi connectivity index (χ3v) is 6.96. The van der Waals surface area contributed by atoms with E-state index in [1.54, 1.807) is 17.4 Å². The van der Waals surface area contributed by atoms with Crippen LogP contribution in [0.4, 0.5) is 0 Å². The molecule has 0 saturated carbocycles. The average Bonchev–Trinajstić information content (AvgIpc) is 3.39. The first-order valence-corrected chi connectivity index (χ1v) is 11.4. The van der Waals surface area contributed by atoms with Crippen molar-refractivity contribution >= 4 is 23.0 Å². The van der Waals surface area contributed by atoms with Gasteiger partial charge in [-0.2, -0.15) is 0 Å². The van der Waals surface area contributed by atoms with Gasteiger partial charge in [0.1, 0.15) is 0 Å². The molecule has 1 aliphatic carbocycles. The lowest BCUT2D eigenvalue weighted by atomic mass is 9.97. The molecule has 2 heterocycles. The Balaban J connectivity index is 1.22. The van der Waals surface area contributed by atoms with E-state index in [9.17, 15) is 9.59 Å². The molecule has 1 amide bonds. The number of fused-ring (bicyclic) bond motifs is 3. The molecule has 0 bridgehead atoms. The number of amides is 1. The molecule has 152 valence electrons. The van der Waals surface area contributed by atoms with E-state index in [4.69, 9.17) is 0 Å². The molecule has 1 unspecified atom stereocenters. The van der Waals surface area contributed by atoms with E-state index < -0.39 is 0 Å². The molecule has 1 saturated heterocycles. The van der Waals surface area contributed by atoms with Gasteiger partial charge >= 0.3 is 0 Å². The van der Waals surface area contributed by atoms with Gasteiger partial charge in [0.25, 0.3) is 5.91 Å². The predicted octanol–water partition coefficient (Wildman–Crippen LogP) is 4.60. The molecule has 3 aromatic rings. The maximum atomic E-state index is 12.8. The Bertz CT molecular complexity index is 1090. The minimum Gasteiger partial charge on any atom is -0.352 e. The first-order chi connectivity index (χ1) is 14.7. The second-order valence-corrected chi connectivity index (χ2v) is 9.20. The zero-order chi connectivity index (χ0) is 20.5. The first-order valence-electron chi connectivity index (χ1n) is 10.5. The maximum absolute atomic E-state index is 12.8. The number of nitrogens with one attached hydrogen (secondary N) is 1. The predicted molar refractivity (Wildman–Crippen MR) is 120 cm³/mol. The summed E-state index contributed by atoms with van der Waals surface area (Å²) in [7, 11) is 0. The lowest BCUT2D eigenvalue weighted by molar-refractivity contribution is 0.0931. The number of carbonyl (C=O) groups excluding carboxylic acids is 2. The average molecular weight is 417 g/mol. The lowest BCUT2D eigenvalue weighted by Crippen LogP contribution is -2.40. The monoisotopic (exact) mass is 416 g/mol.